The van der Waals surface area contributed by atoms with Crippen LogP contribution in [0.2, 0.25) is 0 Å². The number of alkyl halides is 1. The van der Waals surface area contributed by atoms with E-state index in [9.17, 15) is 4.79 Å². The van der Waals surface area contributed by atoms with Crippen LogP contribution in [0.1, 0.15) is 65.2 Å². The highest BCUT2D eigenvalue weighted by Crippen LogP contribution is 2.49. The SMILES string of the molecule is CC(C)CC1(C(=O)NCC2(CCBr)CC2)CCCC1. The van der Waals surface area contributed by atoms with Crippen molar-refractivity contribution in [1.82, 2.24) is 5.32 Å². The Morgan fingerprint density at radius 2 is 1.84 bits per heavy atom. The third-order valence-electron chi connectivity index (χ3n) is 5.05. The minimum atomic E-state index is -0.0430. The van der Waals surface area contributed by atoms with E-state index in [4.69, 9.17) is 0 Å². The number of amides is 1. The fourth-order valence-corrected chi connectivity index (χ4v) is 4.55. The van der Waals surface area contributed by atoms with Crippen molar-refractivity contribution in [1.29, 1.82) is 0 Å². The van der Waals surface area contributed by atoms with Crippen molar-refractivity contribution in [3.8, 4) is 0 Å². The van der Waals surface area contributed by atoms with Crippen molar-refractivity contribution in [2.45, 2.75) is 65.2 Å². The van der Waals surface area contributed by atoms with E-state index in [0.29, 0.717) is 17.2 Å². The van der Waals surface area contributed by atoms with E-state index in [1.165, 1.54) is 32.1 Å². The van der Waals surface area contributed by atoms with Crippen LogP contribution in [0.25, 0.3) is 0 Å². The van der Waals surface area contributed by atoms with Crippen molar-refractivity contribution < 1.29 is 4.79 Å². The summed E-state index contributed by atoms with van der Waals surface area (Å²) in [7, 11) is 0. The highest BCUT2D eigenvalue weighted by Gasteiger charge is 2.45. The van der Waals surface area contributed by atoms with Crippen molar-refractivity contribution in [3.63, 3.8) is 0 Å². The molecule has 3 heteroatoms. The Balaban J connectivity index is 1.89. The third kappa shape index (κ3) is 3.74. The Hall–Kier alpha value is -0.0500. The zero-order valence-electron chi connectivity index (χ0n) is 12.4. The second-order valence-corrected chi connectivity index (χ2v) is 8.00. The molecule has 0 radical (unpaired) electrons. The first-order valence-electron chi connectivity index (χ1n) is 7.86. The molecule has 0 unspecified atom stereocenters. The molecule has 0 heterocycles. The molecule has 0 aliphatic heterocycles. The molecule has 2 rings (SSSR count). The predicted octanol–water partition coefficient (Wildman–Crippen LogP) is 4.27. The zero-order valence-corrected chi connectivity index (χ0v) is 14.0. The van der Waals surface area contributed by atoms with Crippen molar-refractivity contribution in [2.24, 2.45) is 16.7 Å². The molecule has 2 fully saturated rings. The Bertz CT molecular complexity index is 317. The predicted molar refractivity (Wildman–Crippen MR) is 83.4 cm³/mol. The Morgan fingerprint density at radius 3 is 2.32 bits per heavy atom. The molecule has 1 N–H and O–H groups in total. The fourth-order valence-electron chi connectivity index (χ4n) is 3.70. The van der Waals surface area contributed by atoms with E-state index in [-0.39, 0.29) is 5.41 Å². The molecule has 110 valence electrons. The topological polar surface area (TPSA) is 29.1 Å². The van der Waals surface area contributed by atoms with Gasteiger partial charge in [0.15, 0.2) is 0 Å². The van der Waals surface area contributed by atoms with Gasteiger partial charge < -0.3 is 5.32 Å². The largest absolute Gasteiger partial charge is 0.355 e. The van der Waals surface area contributed by atoms with Crippen LogP contribution in [0.5, 0.6) is 0 Å². The summed E-state index contributed by atoms with van der Waals surface area (Å²) in [6.07, 6.45) is 9.49. The minimum Gasteiger partial charge on any atom is -0.355 e. The first kappa shape index (κ1) is 15.3. The summed E-state index contributed by atoms with van der Waals surface area (Å²) in [5.41, 5.74) is 0.384. The maximum Gasteiger partial charge on any atom is 0.226 e. The number of rotatable bonds is 7. The number of hydrogen-bond acceptors (Lipinski definition) is 1. The molecule has 2 aliphatic carbocycles. The van der Waals surface area contributed by atoms with Gasteiger partial charge in [-0.05, 0) is 49.9 Å². The van der Waals surface area contributed by atoms with Crippen LogP contribution in [0.15, 0.2) is 0 Å². The molecule has 0 aromatic rings. The number of nitrogens with one attached hydrogen (secondary N) is 1. The summed E-state index contributed by atoms with van der Waals surface area (Å²) in [6.45, 7) is 5.37. The molecular formula is C16H28BrNO. The monoisotopic (exact) mass is 329 g/mol. The lowest BCUT2D eigenvalue weighted by molar-refractivity contribution is -0.132. The van der Waals surface area contributed by atoms with Crippen molar-refractivity contribution >= 4 is 21.8 Å². The van der Waals surface area contributed by atoms with Gasteiger partial charge in [-0.1, -0.05) is 42.6 Å². The van der Waals surface area contributed by atoms with Crippen LogP contribution in [0.4, 0.5) is 0 Å². The molecule has 2 nitrogen and oxygen atoms in total. The van der Waals surface area contributed by atoms with Crippen LogP contribution < -0.4 is 5.32 Å². The summed E-state index contributed by atoms with van der Waals surface area (Å²) in [4.78, 5) is 12.7. The fraction of sp³-hybridized carbons (Fsp3) is 0.938. The summed E-state index contributed by atoms with van der Waals surface area (Å²) in [5, 5.41) is 4.35. The van der Waals surface area contributed by atoms with Crippen LogP contribution >= 0.6 is 15.9 Å². The maximum atomic E-state index is 12.7. The number of hydrogen-bond donors (Lipinski definition) is 1. The normalized spacial score (nSPS) is 23.6. The molecule has 0 aromatic heterocycles. The average molecular weight is 330 g/mol. The molecule has 2 aliphatic rings. The van der Waals surface area contributed by atoms with Gasteiger partial charge in [0.2, 0.25) is 5.91 Å². The molecular weight excluding hydrogens is 302 g/mol. The van der Waals surface area contributed by atoms with E-state index in [1.807, 2.05) is 0 Å². The van der Waals surface area contributed by atoms with Gasteiger partial charge in [-0.25, -0.2) is 0 Å². The van der Waals surface area contributed by atoms with Gasteiger partial charge in [0.05, 0.1) is 0 Å². The van der Waals surface area contributed by atoms with Gasteiger partial charge in [-0.15, -0.1) is 0 Å². The highest BCUT2D eigenvalue weighted by atomic mass is 79.9. The second-order valence-electron chi connectivity index (χ2n) is 7.21. The quantitative estimate of drug-likeness (QED) is 0.694. The number of carbonyl (C=O) groups excluding carboxylic acids is 1. The second kappa shape index (κ2) is 6.15. The lowest BCUT2D eigenvalue weighted by atomic mass is 9.77. The first-order valence-corrected chi connectivity index (χ1v) is 8.98. The van der Waals surface area contributed by atoms with Gasteiger partial charge in [0, 0.05) is 17.3 Å². The van der Waals surface area contributed by atoms with E-state index >= 15 is 0 Å². The maximum absolute atomic E-state index is 12.7. The molecule has 0 saturated heterocycles. The number of carbonyl (C=O) groups is 1. The van der Waals surface area contributed by atoms with Crippen molar-refractivity contribution in [2.75, 3.05) is 11.9 Å². The van der Waals surface area contributed by atoms with Crippen LogP contribution in [0.3, 0.4) is 0 Å². The summed E-state index contributed by atoms with van der Waals surface area (Å²) in [5.74, 6) is 0.959. The average Bonchev–Trinajstić information content (AvgIpc) is 2.95. The van der Waals surface area contributed by atoms with E-state index in [0.717, 1.165) is 31.1 Å². The van der Waals surface area contributed by atoms with Crippen LogP contribution in [-0.2, 0) is 4.79 Å². The highest BCUT2D eigenvalue weighted by molar-refractivity contribution is 9.09. The smallest absolute Gasteiger partial charge is 0.226 e. The van der Waals surface area contributed by atoms with Gasteiger partial charge in [0.25, 0.3) is 0 Å². The minimum absolute atomic E-state index is 0.0430. The van der Waals surface area contributed by atoms with E-state index in [1.54, 1.807) is 0 Å². The molecule has 0 spiro atoms. The summed E-state index contributed by atoms with van der Waals surface area (Å²) >= 11 is 3.53. The van der Waals surface area contributed by atoms with Crippen LogP contribution in [-0.4, -0.2) is 17.8 Å². The molecule has 2 saturated carbocycles. The Kier molecular flexibility index (Phi) is 4.97. The number of halogens is 1. The van der Waals surface area contributed by atoms with Crippen molar-refractivity contribution in [3.05, 3.63) is 0 Å². The molecule has 0 bridgehead atoms. The molecule has 0 aromatic carbocycles. The van der Waals surface area contributed by atoms with Gasteiger partial charge >= 0.3 is 0 Å². The summed E-state index contributed by atoms with van der Waals surface area (Å²) in [6, 6.07) is 0. The molecule has 0 atom stereocenters. The van der Waals surface area contributed by atoms with Gasteiger partial charge in [-0.3, -0.25) is 4.79 Å². The lowest BCUT2D eigenvalue weighted by Gasteiger charge is -2.30. The summed E-state index contributed by atoms with van der Waals surface area (Å²) < 4.78 is 0. The first-order chi connectivity index (χ1) is 9.02. The van der Waals surface area contributed by atoms with Gasteiger partial charge in [0.1, 0.15) is 0 Å². The zero-order chi connectivity index (χ0) is 13.9. The van der Waals surface area contributed by atoms with E-state index < -0.39 is 0 Å². The van der Waals surface area contributed by atoms with Crippen LogP contribution in [0, 0.1) is 16.7 Å². The third-order valence-corrected chi connectivity index (χ3v) is 5.44. The van der Waals surface area contributed by atoms with E-state index in [2.05, 4.69) is 35.1 Å². The molecule has 1 amide bonds. The lowest BCUT2D eigenvalue weighted by Crippen LogP contribution is -2.42. The van der Waals surface area contributed by atoms with Gasteiger partial charge in [-0.2, -0.15) is 0 Å². The standard InChI is InChI=1S/C16H28BrNO/c1-13(2)11-16(5-3-4-6-16)14(19)18-12-15(7-8-15)9-10-17/h13H,3-12H2,1-2H3,(H,18,19). The Morgan fingerprint density at radius 1 is 1.21 bits per heavy atom. The molecule has 19 heavy (non-hydrogen) atoms. The Labute approximate surface area is 126 Å².